The molecule has 0 aromatic rings. The second-order valence-electron chi connectivity index (χ2n) is 6.46. The largest absolute Gasteiger partial charge is 0.726 e. The van der Waals surface area contributed by atoms with Gasteiger partial charge in [0, 0.05) is 0 Å². The predicted octanol–water partition coefficient (Wildman–Crippen LogP) is 1.67. The first-order valence-corrected chi connectivity index (χ1v) is 10.3. The molecule has 0 aliphatic carbocycles. The predicted molar refractivity (Wildman–Crippen MR) is 94.9 cm³/mol. The molecule has 154 valence electrons. The summed E-state index contributed by atoms with van der Waals surface area (Å²) in [4.78, 5) is 0. The van der Waals surface area contributed by atoms with Crippen LogP contribution in [-0.2, 0) is 14.6 Å². The van der Waals surface area contributed by atoms with E-state index in [1.807, 2.05) is 0 Å². The Morgan fingerprint density at radius 2 is 1.16 bits per heavy atom. The molecule has 0 amide bonds. The number of hydrogen-bond donors (Lipinski definition) is 3. The van der Waals surface area contributed by atoms with Crippen LogP contribution in [0.4, 0.5) is 0 Å². The van der Waals surface area contributed by atoms with Gasteiger partial charge in [-0.1, -0.05) is 64.7 Å². The van der Waals surface area contributed by atoms with E-state index in [-0.39, 0.29) is 31.3 Å². The summed E-state index contributed by atoms with van der Waals surface area (Å²) >= 11 is 0. The third kappa shape index (κ3) is 21.7. The molecule has 0 aliphatic rings. The molecule has 9 heteroatoms. The summed E-state index contributed by atoms with van der Waals surface area (Å²) < 4.78 is 34.3. The molecular weight excluding hydrogens is 350 g/mol. The van der Waals surface area contributed by atoms with Crippen LogP contribution in [0.3, 0.4) is 0 Å². The zero-order valence-electron chi connectivity index (χ0n) is 15.7. The summed E-state index contributed by atoms with van der Waals surface area (Å²) in [5.74, 6) is 0. The molecule has 0 saturated carbocycles. The van der Waals surface area contributed by atoms with Gasteiger partial charge in [0.15, 0.2) is 20.2 Å². The molecule has 0 spiro atoms. The molecule has 0 bridgehead atoms. The number of nitrogens with zero attached hydrogens (tertiary/aromatic N) is 1. The Morgan fingerprint density at radius 1 is 0.800 bits per heavy atom. The van der Waals surface area contributed by atoms with E-state index >= 15 is 0 Å². The summed E-state index contributed by atoms with van der Waals surface area (Å²) in [5.41, 5.74) is 0. The van der Waals surface area contributed by atoms with Crippen LogP contribution in [0.5, 0.6) is 0 Å². The van der Waals surface area contributed by atoms with Crippen LogP contribution < -0.4 is 0 Å². The van der Waals surface area contributed by atoms with Crippen molar-refractivity contribution in [2.24, 2.45) is 0 Å². The summed E-state index contributed by atoms with van der Waals surface area (Å²) in [6, 6.07) is 0. The van der Waals surface area contributed by atoms with Crippen molar-refractivity contribution < 1.29 is 37.0 Å². The molecular formula is C16H37NO7S. The van der Waals surface area contributed by atoms with E-state index in [4.69, 9.17) is 15.3 Å². The number of quaternary nitrogens is 1. The Balaban J connectivity index is 0. The number of unbranched alkanes of at least 4 members (excludes halogenated alkanes) is 9. The minimum atomic E-state index is -4.48. The molecule has 0 saturated heterocycles. The fraction of sp³-hybridized carbons (Fsp3) is 1.00. The summed E-state index contributed by atoms with van der Waals surface area (Å²) in [5, 5.41) is 25.3. The van der Waals surface area contributed by atoms with Crippen LogP contribution in [0.2, 0.25) is 0 Å². The van der Waals surface area contributed by atoms with Gasteiger partial charge in [0.05, 0.1) is 13.7 Å². The fourth-order valence-electron chi connectivity index (χ4n) is 1.88. The highest BCUT2D eigenvalue weighted by molar-refractivity contribution is 7.80. The van der Waals surface area contributed by atoms with E-state index in [0.717, 1.165) is 12.8 Å². The van der Waals surface area contributed by atoms with Crippen molar-refractivity contribution in [2.75, 3.05) is 33.8 Å². The first kappa shape index (κ1) is 26.9. The monoisotopic (exact) mass is 387 g/mol. The van der Waals surface area contributed by atoms with E-state index in [2.05, 4.69) is 11.1 Å². The van der Waals surface area contributed by atoms with Gasteiger partial charge in [0.25, 0.3) is 0 Å². The number of aliphatic hydroxyl groups excluding tert-OH is 3. The van der Waals surface area contributed by atoms with Gasteiger partial charge < -0.3 is 19.9 Å². The maximum absolute atomic E-state index is 10.1. The van der Waals surface area contributed by atoms with E-state index in [1.54, 1.807) is 7.05 Å². The molecule has 0 unspecified atom stereocenters. The highest BCUT2D eigenvalue weighted by Crippen LogP contribution is 2.10. The number of rotatable bonds is 15. The molecule has 0 atom stereocenters. The molecule has 0 fully saturated rings. The minimum Gasteiger partial charge on any atom is -0.726 e. The Labute approximate surface area is 153 Å². The summed E-state index contributed by atoms with van der Waals surface area (Å²) in [6.45, 7) is 1.51. The Morgan fingerprint density at radius 3 is 1.44 bits per heavy atom. The normalized spacial score (nSPS) is 11.9. The molecule has 8 nitrogen and oxygen atoms in total. The summed E-state index contributed by atoms with van der Waals surface area (Å²) in [6.07, 6.45) is 11.7. The maximum atomic E-state index is 10.1. The van der Waals surface area contributed by atoms with Crippen LogP contribution >= 0.6 is 0 Å². The van der Waals surface area contributed by atoms with E-state index < -0.39 is 10.4 Å². The smallest absolute Gasteiger partial charge is 0.217 e. The van der Waals surface area contributed by atoms with Crippen LogP contribution in [-0.4, -0.2) is 66.6 Å². The first-order valence-electron chi connectivity index (χ1n) is 9.01. The van der Waals surface area contributed by atoms with Crippen molar-refractivity contribution >= 4 is 10.4 Å². The van der Waals surface area contributed by atoms with Crippen molar-refractivity contribution in [3.05, 3.63) is 0 Å². The van der Waals surface area contributed by atoms with Gasteiger partial charge in [-0.05, 0) is 6.42 Å². The topological polar surface area (TPSA) is 127 Å². The standard InChI is InChI=1S/C12H26O4S.C4H12NO3/c1-2-3-4-5-6-7-8-9-10-11-12-16-17(13,14)15;1-5(2-6,3-7)4-8/h2-12H2,1H3,(H,13,14,15);6-8H,2-4H2,1H3/q;+1/p-1. The zero-order chi connectivity index (χ0) is 19.6. The highest BCUT2D eigenvalue weighted by atomic mass is 32.3. The van der Waals surface area contributed by atoms with Crippen molar-refractivity contribution in [1.82, 2.24) is 0 Å². The van der Waals surface area contributed by atoms with Crippen molar-refractivity contribution in [1.29, 1.82) is 0 Å². The lowest BCUT2D eigenvalue weighted by Crippen LogP contribution is -2.46. The molecule has 25 heavy (non-hydrogen) atoms. The third-order valence-electron chi connectivity index (χ3n) is 3.75. The Bertz CT molecular complexity index is 364. The second kappa shape index (κ2) is 17.1. The van der Waals surface area contributed by atoms with E-state index in [9.17, 15) is 13.0 Å². The minimum absolute atomic E-state index is 0.0301. The van der Waals surface area contributed by atoms with E-state index in [0.29, 0.717) is 6.42 Å². The highest BCUT2D eigenvalue weighted by Gasteiger charge is 2.15. The lowest BCUT2D eigenvalue weighted by molar-refractivity contribution is -0.959. The molecule has 0 aromatic carbocycles. The van der Waals surface area contributed by atoms with Crippen LogP contribution in [0.1, 0.15) is 71.1 Å². The SMILES string of the molecule is CCCCCCCCCCCCOS(=O)(=O)[O-].C[N+](CO)(CO)CO. The molecule has 0 heterocycles. The van der Waals surface area contributed by atoms with Crippen LogP contribution in [0.25, 0.3) is 0 Å². The van der Waals surface area contributed by atoms with Gasteiger partial charge in [0.2, 0.25) is 10.4 Å². The fourth-order valence-corrected chi connectivity index (χ4v) is 2.21. The first-order chi connectivity index (χ1) is 11.7. The van der Waals surface area contributed by atoms with Crippen LogP contribution in [0, 0.1) is 0 Å². The van der Waals surface area contributed by atoms with Gasteiger partial charge in [-0.15, -0.1) is 0 Å². The third-order valence-corrected chi connectivity index (χ3v) is 4.21. The van der Waals surface area contributed by atoms with Gasteiger partial charge in [-0.2, -0.15) is 0 Å². The zero-order valence-corrected chi connectivity index (χ0v) is 16.5. The van der Waals surface area contributed by atoms with Crippen molar-refractivity contribution in [3.63, 3.8) is 0 Å². The lowest BCUT2D eigenvalue weighted by atomic mass is 10.1. The Kier molecular flexibility index (Phi) is 18.5. The molecule has 0 aromatic heterocycles. The maximum Gasteiger partial charge on any atom is 0.217 e. The second-order valence-corrected chi connectivity index (χ2v) is 7.51. The molecule has 0 rings (SSSR count). The average Bonchev–Trinajstić information content (AvgIpc) is 2.58. The Hall–Kier alpha value is -0.290. The van der Waals surface area contributed by atoms with E-state index in [1.165, 1.54) is 44.9 Å². The quantitative estimate of drug-likeness (QED) is 0.128. The molecule has 0 radical (unpaired) electrons. The van der Waals surface area contributed by atoms with Gasteiger partial charge in [0.1, 0.15) is 0 Å². The number of aliphatic hydroxyl groups is 3. The van der Waals surface area contributed by atoms with Gasteiger partial charge >= 0.3 is 0 Å². The lowest BCUT2D eigenvalue weighted by Gasteiger charge is -2.25. The van der Waals surface area contributed by atoms with Crippen molar-refractivity contribution in [3.8, 4) is 0 Å². The molecule has 0 aliphatic heterocycles. The van der Waals surface area contributed by atoms with Gasteiger partial charge in [-0.25, -0.2) is 8.42 Å². The molecule has 3 N–H and O–H groups in total. The van der Waals surface area contributed by atoms with Gasteiger partial charge in [-0.3, -0.25) is 8.67 Å². The van der Waals surface area contributed by atoms with Crippen LogP contribution in [0.15, 0.2) is 0 Å². The number of hydrogen-bond acceptors (Lipinski definition) is 7. The average molecular weight is 388 g/mol. The summed E-state index contributed by atoms with van der Waals surface area (Å²) in [7, 11) is -2.94. The van der Waals surface area contributed by atoms with Crippen molar-refractivity contribution in [2.45, 2.75) is 71.1 Å².